The van der Waals surface area contributed by atoms with Crippen molar-refractivity contribution in [3.63, 3.8) is 0 Å². The van der Waals surface area contributed by atoms with Crippen molar-refractivity contribution in [3.05, 3.63) is 59.4 Å². The topological polar surface area (TPSA) is 66.9 Å². The van der Waals surface area contributed by atoms with Gasteiger partial charge in [0.1, 0.15) is 16.5 Å². The van der Waals surface area contributed by atoms with E-state index in [2.05, 4.69) is 0 Å². The summed E-state index contributed by atoms with van der Waals surface area (Å²) in [5.74, 6) is 0.0447. The number of hydrogen-bond donors (Lipinski definition) is 0. The molecule has 1 aliphatic rings. The van der Waals surface area contributed by atoms with E-state index in [0.717, 1.165) is 12.0 Å². The van der Waals surface area contributed by atoms with Gasteiger partial charge in [0.15, 0.2) is 0 Å². The van der Waals surface area contributed by atoms with Gasteiger partial charge in [0.05, 0.1) is 13.2 Å². The summed E-state index contributed by atoms with van der Waals surface area (Å²) < 4.78 is 47.0. The van der Waals surface area contributed by atoms with E-state index in [1.807, 2.05) is 20.8 Å². The molecule has 0 spiro atoms. The first kappa shape index (κ1) is 24.2. The fraction of sp³-hybridized carbons (Fsp3) is 0.458. The summed E-state index contributed by atoms with van der Waals surface area (Å²) in [6.07, 6.45) is 0.980. The van der Waals surface area contributed by atoms with Crippen molar-refractivity contribution in [3.8, 4) is 5.75 Å². The van der Waals surface area contributed by atoms with Gasteiger partial charge >= 0.3 is 0 Å². The number of carbonyl (C=O) groups excluding carboxylic acids is 1. The number of carbonyl (C=O) groups is 1. The minimum Gasteiger partial charge on any atom is -0.495 e. The lowest BCUT2D eigenvalue weighted by Gasteiger charge is -2.34. The van der Waals surface area contributed by atoms with Crippen LogP contribution in [0.25, 0.3) is 0 Å². The summed E-state index contributed by atoms with van der Waals surface area (Å²) in [5, 5.41) is 0. The average molecular weight is 463 g/mol. The molecule has 1 saturated heterocycles. The van der Waals surface area contributed by atoms with E-state index in [-0.39, 0.29) is 45.8 Å². The predicted octanol–water partition coefficient (Wildman–Crippen LogP) is 4.33. The van der Waals surface area contributed by atoms with E-state index < -0.39 is 10.0 Å². The Morgan fingerprint density at radius 1 is 1.12 bits per heavy atom. The first-order valence-corrected chi connectivity index (χ1v) is 12.2. The molecule has 3 rings (SSSR count). The van der Waals surface area contributed by atoms with Gasteiger partial charge in [0.25, 0.3) is 5.91 Å². The molecule has 3 unspecified atom stereocenters. The normalized spacial score (nSPS) is 20.6. The fourth-order valence-corrected chi connectivity index (χ4v) is 6.16. The molecule has 2 aromatic rings. The van der Waals surface area contributed by atoms with E-state index in [9.17, 15) is 17.6 Å². The smallest absolute Gasteiger partial charge is 0.254 e. The number of methoxy groups -OCH3 is 1. The van der Waals surface area contributed by atoms with Crippen molar-refractivity contribution in [1.29, 1.82) is 0 Å². The molecule has 0 saturated carbocycles. The van der Waals surface area contributed by atoms with Crippen molar-refractivity contribution in [2.24, 2.45) is 11.8 Å². The molecule has 2 aromatic carbocycles. The lowest BCUT2D eigenvalue weighted by atomic mass is 9.94. The van der Waals surface area contributed by atoms with Crippen LogP contribution in [-0.2, 0) is 10.0 Å². The molecule has 1 aliphatic heterocycles. The van der Waals surface area contributed by atoms with Gasteiger partial charge < -0.3 is 9.64 Å². The summed E-state index contributed by atoms with van der Waals surface area (Å²) in [4.78, 5) is 14.7. The van der Waals surface area contributed by atoms with Gasteiger partial charge in [0.2, 0.25) is 10.0 Å². The fourth-order valence-electron chi connectivity index (χ4n) is 4.30. The summed E-state index contributed by atoms with van der Waals surface area (Å²) in [6, 6.07) is 10.1. The summed E-state index contributed by atoms with van der Waals surface area (Å²) in [5.41, 5.74) is 1.03. The third-order valence-electron chi connectivity index (χ3n) is 6.12. The Labute approximate surface area is 190 Å². The maximum absolute atomic E-state index is 13.5. The first-order chi connectivity index (χ1) is 15.0. The Balaban J connectivity index is 1.93. The number of sulfonamides is 1. The minimum atomic E-state index is -3.83. The molecule has 0 aliphatic carbocycles. The maximum atomic E-state index is 13.5. The van der Waals surface area contributed by atoms with Gasteiger partial charge in [-0.2, -0.15) is 4.31 Å². The van der Waals surface area contributed by atoms with E-state index in [0.29, 0.717) is 13.1 Å². The van der Waals surface area contributed by atoms with Gasteiger partial charge in [0, 0.05) is 25.7 Å². The highest BCUT2D eigenvalue weighted by molar-refractivity contribution is 7.89. The Morgan fingerprint density at radius 2 is 1.72 bits per heavy atom. The van der Waals surface area contributed by atoms with Crippen molar-refractivity contribution in [1.82, 2.24) is 9.21 Å². The van der Waals surface area contributed by atoms with Gasteiger partial charge in [-0.3, -0.25) is 4.79 Å². The zero-order valence-corrected chi connectivity index (χ0v) is 20.0. The second-order valence-electron chi connectivity index (χ2n) is 8.78. The van der Waals surface area contributed by atoms with E-state index in [4.69, 9.17) is 4.74 Å². The number of amides is 1. The van der Waals surface area contributed by atoms with Crippen LogP contribution in [-0.4, -0.2) is 50.8 Å². The largest absolute Gasteiger partial charge is 0.495 e. The second-order valence-corrected chi connectivity index (χ2v) is 10.7. The third kappa shape index (κ3) is 4.96. The molecule has 6 nitrogen and oxygen atoms in total. The Bertz CT molecular complexity index is 1060. The Kier molecular flexibility index (Phi) is 7.25. The molecule has 32 heavy (non-hydrogen) atoms. The van der Waals surface area contributed by atoms with Crippen LogP contribution in [0.4, 0.5) is 4.39 Å². The van der Waals surface area contributed by atoms with Crippen LogP contribution in [0.1, 0.15) is 49.2 Å². The molecule has 174 valence electrons. The molecule has 1 amide bonds. The zero-order valence-electron chi connectivity index (χ0n) is 19.2. The number of nitrogens with zero attached hydrogens (tertiary/aromatic N) is 2. The van der Waals surface area contributed by atoms with Crippen LogP contribution in [0.15, 0.2) is 47.4 Å². The Hall–Kier alpha value is -2.45. The molecule has 0 bridgehead atoms. The van der Waals surface area contributed by atoms with E-state index in [1.165, 1.54) is 40.6 Å². The number of piperidine rings is 1. The molecule has 1 heterocycles. The van der Waals surface area contributed by atoms with Crippen LogP contribution in [0, 0.1) is 17.7 Å². The van der Waals surface area contributed by atoms with Gasteiger partial charge in [-0.25, -0.2) is 12.8 Å². The number of benzene rings is 2. The number of ether oxygens (including phenoxy) is 1. The monoisotopic (exact) mass is 462 g/mol. The molecular formula is C24H31FN2O4S. The van der Waals surface area contributed by atoms with Gasteiger partial charge in [-0.15, -0.1) is 0 Å². The summed E-state index contributed by atoms with van der Waals surface area (Å²) in [7, 11) is -0.775. The van der Waals surface area contributed by atoms with Crippen molar-refractivity contribution in [2.45, 2.75) is 38.1 Å². The molecule has 8 heteroatoms. The van der Waals surface area contributed by atoms with Crippen molar-refractivity contribution < 1.29 is 22.3 Å². The predicted molar refractivity (Wildman–Crippen MR) is 122 cm³/mol. The Morgan fingerprint density at radius 3 is 2.28 bits per heavy atom. The quantitative estimate of drug-likeness (QED) is 0.641. The van der Waals surface area contributed by atoms with E-state index in [1.54, 1.807) is 25.2 Å². The van der Waals surface area contributed by atoms with Crippen molar-refractivity contribution in [2.75, 3.05) is 27.2 Å². The molecule has 0 N–H and O–H groups in total. The summed E-state index contributed by atoms with van der Waals surface area (Å²) in [6.45, 7) is 6.80. The number of halogens is 1. The van der Waals surface area contributed by atoms with Crippen LogP contribution in [0.3, 0.4) is 0 Å². The SMILES string of the molecule is COc1ccc(C(=O)N(C)C(C)c2ccc(F)cc2)cc1S(=O)(=O)N1CC(C)CC(C)C1. The number of hydrogen-bond acceptors (Lipinski definition) is 4. The molecular weight excluding hydrogens is 431 g/mol. The third-order valence-corrected chi connectivity index (χ3v) is 7.97. The van der Waals surface area contributed by atoms with Crippen molar-refractivity contribution >= 4 is 15.9 Å². The minimum absolute atomic E-state index is 0.00464. The highest BCUT2D eigenvalue weighted by Crippen LogP contribution is 2.32. The van der Waals surface area contributed by atoms with Crippen LogP contribution in [0.5, 0.6) is 5.75 Å². The average Bonchev–Trinajstić information content (AvgIpc) is 2.77. The lowest BCUT2D eigenvalue weighted by Crippen LogP contribution is -2.42. The first-order valence-electron chi connectivity index (χ1n) is 10.8. The second kappa shape index (κ2) is 9.58. The standard InChI is InChI=1S/C24H31FN2O4S/c1-16-12-17(2)15-27(14-16)32(29,30)23-13-20(8-11-22(23)31-5)24(28)26(4)18(3)19-6-9-21(25)10-7-19/h6-11,13,16-18H,12,14-15H2,1-5H3. The molecule has 0 radical (unpaired) electrons. The van der Waals surface area contributed by atoms with Crippen LogP contribution in [0.2, 0.25) is 0 Å². The van der Waals surface area contributed by atoms with Gasteiger partial charge in [-0.1, -0.05) is 26.0 Å². The van der Waals surface area contributed by atoms with E-state index >= 15 is 0 Å². The van der Waals surface area contributed by atoms with Crippen LogP contribution < -0.4 is 4.74 Å². The summed E-state index contributed by atoms with van der Waals surface area (Å²) >= 11 is 0. The molecule has 0 aromatic heterocycles. The van der Waals surface area contributed by atoms with Gasteiger partial charge in [-0.05, 0) is 61.1 Å². The maximum Gasteiger partial charge on any atom is 0.254 e. The zero-order chi connectivity index (χ0) is 23.6. The molecule has 1 fully saturated rings. The lowest BCUT2D eigenvalue weighted by molar-refractivity contribution is 0.0742. The number of rotatable bonds is 6. The van der Waals surface area contributed by atoms with Crippen LogP contribution >= 0.6 is 0 Å². The molecule has 3 atom stereocenters. The highest BCUT2D eigenvalue weighted by atomic mass is 32.2. The highest BCUT2D eigenvalue weighted by Gasteiger charge is 2.34.